The predicted molar refractivity (Wildman–Crippen MR) is 109 cm³/mol. The van der Waals surface area contributed by atoms with Crippen LogP contribution in [0.15, 0.2) is 47.3 Å². The Balaban J connectivity index is 1.47. The molecule has 1 saturated heterocycles. The van der Waals surface area contributed by atoms with E-state index in [4.69, 9.17) is 23.8 Å². The van der Waals surface area contributed by atoms with E-state index in [0.29, 0.717) is 11.8 Å². The summed E-state index contributed by atoms with van der Waals surface area (Å²) in [6.07, 6.45) is 1.13. The van der Waals surface area contributed by atoms with Crippen LogP contribution in [0.3, 0.4) is 0 Å². The highest BCUT2D eigenvalue weighted by molar-refractivity contribution is 7.80. The zero-order valence-electron chi connectivity index (χ0n) is 14.7. The molecular weight excluding hydrogens is 366 g/mol. The van der Waals surface area contributed by atoms with E-state index in [1.54, 1.807) is 6.07 Å². The molecule has 4 nitrogen and oxygen atoms in total. The van der Waals surface area contributed by atoms with Gasteiger partial charge in [0.1, 0.15) is 0 Å². The standard InChI is InChI=1S/C20H22ClN3OS/c1-13(15-5-7-17(21)8-6-15)22-20(26)23-10-14-9-16(12-23)18-3-2-4-19(25)24(18)11-14/h2-8,13-14,16H,9-12H2,1H3,(H,22,26)/t13-,14+,16-/m1/s1. The minimum absolute atomic E-state index is 0.114. The summed E-state index contributed by atoms with van der Waals surface area (Å²) < 4.78 is 1.95. The fourth-order valence-electron chi connectivity index (χ4n) is 4.17. The summed E-state index contributed by atoms with van der Waals surface area (Å²) in [6.45, 7) is 4.65. The molecule has 2 aliphatic heterocycles. The number of nitrogens with zero attached hydrogens (tertiary/aromatic N) is 2. The number of rotatable bonds is 2. The third-order valence-corrected chi connectivity index (χ3v) is 6.10. The molecule has 3 atom stereocenters. The highest BCUT2D eigenvalue weighted by atomic mass is 35.5. The van der Waals surface area contributed by atoms with Crippen LogP contribution in [0.5, 0.6) is 0 Å². The normalized spacial score (nSPS) is 22.5. The van der Waals surface area contributed by atoms with E-state index in [2.05, 4.69) is 23.2 Å². The molecule has 0 unspecified atom stereocenters. The van der Waals surface area contributed by atoms with E-state index in [9.17, 15) is 4.79 Å². The van der Waals surface area contributed by atoms with E-state index >= 15 is 0 Å². The van der Waals surface area contributed by atoms with Gasteiger partial charge in [0.15, 0.2) is 5.11 Å². The summed E-state index contributed by atoms with van der Waals surface area (Å²) >= 11 is 11.7. The summed E-state index contributed by atoms with van der Waals surface area (Å²) in [4.78, 5) is 14.4. The molecule has 1 aromatic carbocycles. The maximum atomic E-state index is 12.1. The number of aromatic nitrogens is 1. The molecule has 136 valence electrons. The lowest BCUT2D eigenvalue weighted by atomic mass is 9.83. The van der Waals surface area contributed by atoms with E-state index in [-0.39, 0.29) is 11.6 Å². The molecule has 0 aliphatic carbocycles. The molecule has 1 N–H and O–H groups in total. The first-order chi connectivity index (χ1) is 12.5. The van der Waals surface area contributed by atoms with Gasteiger partial charge >= 0.3 is 0 Å². The molecular formula is C20H22ClN3OS. The van der Waals surface area contributed by atoms with Gasteiger partial charge in [-0.2, -0.15) is 0 Å². The quantitative estimate of drug-likeness (QED) is 0.799. The highest BCUT2D eigenvalue weighted by Crippen LogP contribution is 2.35. The van der Waals surface area contributed by atoms with Crippen molar-refractivity contribution < 1.29 is 0 Å². The Labute approximate surface area is 163 Å². The predicted octanol–water partition coefficient (Wildman–Crippen LogP) is 3.56. The second-order valence-corrected chi connectivity index (χ2v) is 8.15. The number of pyridine rings is 1. The van der Waals surface area contributed by atoms with E-state index < -0.39 is 0 Å². The Morgan fingerprint density at radius 1 is 1.19 bits per heavy atom. The number of fused-ring (bicyclic) bond motifs is 4. The molecule has 0 saturated carbocycles. The number of hydrogen-bond donors (Lipinski definition) is 1. The molecule has 26 heavy (non-hydrogen) atoms. The zero-order valence-corrected chi connectivity index (χ0v) is 16.3. The number of thiocarbonyl (C=S) groups is 1. The summed E-state index contributed by atoms with van der Waals surface area (Å²) in [5.41, 5.74) is 2.42. The highest BCUT2D eigenvalue weighted by Gasteiger charge is 2.35. The van der Waals surface area contributed by atoms with Crippen molar-refractivity contribution in [1.82, 2.24) is 14.8 Å². The monoisotopic (exact) mass is 387 g/mol. The fourth-order valence-corrected chi connectivity index (χ4v) is 4.63. The molecule has 1 aromatic heterocycles. The van der Waals surface area contributed by atoms with Crippen molar-refractivity contribution in [3.63, 3.8) is 0 Å². The second-order valence-electron chi connectivity index (χ2n) is 7.33. The third-order valence-electron chi connectivity index (χ3n) is 5.48. The number of hydrogen-bond acceptors (Lipinski definition) is 2. The molecule has 6 heteroatoms. The summed E-state index contributed by atoms with van der Waals surface area (Å²) in [6, 6.07) is 13.6. The van der Waals surface area contributed by atoms with E-state index in [1.807, 2.05) is 34.9 Å². The van der Waals surface area contributed by atoms with Crippen LogP contribution in [0.1, 0.15) is 36.6 Å². The first kappa shape index (κ1) is 17.6. The SMILES string of the molecule is C[C@@H](NC(=S)N1C[C@@H]2C[C@H](C1)c1cccc(=O)n1C2)c1ccc(Cl)cc1. The molecule has 0 spiro atoms. The number of nitrogens with one attached hydrogen (secondary N) is 1. The minimum Gasteiger partial charge on any atom is -0.356 e. The van der Waals surface area contributed by atoms with Gasteiger partial charge in [0, 0.05) is 42.3 Å². The lowest BCUT2D eigenvalue weighted by Gasteiger charge is -2.44. The van der Waals surface area contributed by atoms with Crippen molar-refractivity contribution in [2.45, 2.75) is 31.8 Å². The average molecular weight is 388 g/mol. The molecule has 3 heterocycles. The van der Waals surface area contributed by atoms with Crippen molar-refractivity contribution >= 4 is 28.9 Å². The Bertz CT molecular complexity index is 879. The molecule has 4 rings (SSSR count). The Kier molecular flexibility index (Phi) is 4.76. The van der Waals surface area contributed by atoms with Crippen LogP contribution in [0.2, 0.25) is 5.02 Å². The average Bonchev–Trinajstić information content (AvgIpc) is 2.63. The Hall–Kier alpha value is -1.85. The van der Waals surface area contributed by atoms with Gasteiger partial charge in [0.2, 0.25) is 0 Å². The van der Waals surface area contributed by atoms with Gasteiger partial charge in [0.05, 0.1) is 6.04 Å². The van der Waals surface area contributed by atoms with E-state index in [1.165, 1.54) is 0 Å². The summed E-state index contributed by atoms with van der Waals surface area (Å²) in [5, 5.41) is 4.98. The molecule has 1 fully saturated rings. The van der Waals surface area contributed by atoms with Crippen LogP contribution in [-0.2, 0) is 6.54 Å². The van der Waals surface area contributed by atoms with Crippen LogP contribution in [0.4, 0.5) is 0 Å². The minimum atomic E-state index is 0.114. The van der Waals surface area contributed by atoms with Gasteiger partial charge in [0.25, 0.3) is 5.56 Å². The van der Waals surface area contributed by atoms with Gasteiger partial charge in [-0.1, -0.05) is 29.8 Å². The maximum Gasteiger partial charge on any atom is 0.250 e. The van der Waals surface area contributed by atoms with Crippen molar-refractivity contribution in [2.24, 2.45) is 5.92 Å². The molecule has 2 bridgehead atoms. The number of benzene rings is 1. The van der Waals surface area contributed by atoms with Gasteiger partial charge in [-0.25, -0.2) is 0 Å². The first-order valence-corrected chi connectivity index (χ1v) is 9.80. The number of likely N-dealkylation sites (tertiary alicyclic amines) is 1. The van der Waals surface area contributed by atoms with Gasteiger partial charge in [-0.15, -0.1) is 0 Å². The van der Waals surface area contributed by atoms with Crippen molar-refractivity contribution in [3.05, 3.63) is 69.1 Å². The van der Waals surface area contributed by atoms with Crippen LogP contribution in [0.25, 0.3) is 0 Å². The summed E-state index contributed by atoms with van der Waals surface area (Å²) in [5.74, 6) is 0.828. The Morgan fingerprint density at radius 2 is 1.96 bits per heavy atom. The maximum absolute atomic E-state index is 12.1. The van der Waals surface area contributed by atoms with Gasteiger partial charge < -0.3 is 14.8 Å². The Morgan fingerprint density at radius 3 is 2.73 bits per heavy atom. The lowest BCUT2D eigenvalue weighted by molar-refractivity contribution is 0.176. The first-order valence-electron chi connectivity index (χ1n) is 9.02. The molecule has 0 amide bonds. The molecule has 0 radical (unpaired) electrons. The van der Waals surface area contributed by atoms with Crippen LogP contribution < -0.4 is 10.9 Å². The summed E-state index contributed by atoms with van der Waals surface area (Å²) in [7, 11) is 0. The van der Waals surface area contributed by atoms with Gasteiger partial charge in [-0.05, 0) is 55.2 Å². The second kappa shape index (κ2) is 7.05. The van der Waals surface area contributed by atoms with Crippen LogP contribution in [-0.4, -0.2) is 27.7 Å². The number of halogens is 1. The zero-order chi connectivity index (χ0) is 18.3. The number of piperidine rings is 1. The molecule has 2 aromatic rings. The van der Waals surface area contributed by atoms with Crippen molar-refractivity contribution in [3.8, 4) is 0 Å². The largest absolute Gasteiger partial charge is 0.356 e. The van der Waals surface area contributed by atoms with E-state index in [0.717, 1.165) is 47.4 Å². The van der Waals surface area contributed by atoms with Crippen LogP contribution in [0, 0.1) is 5.92 Å². The van der Waals surface area contributed by atoms with Crippen LogP contribution >= 0.6 is 23.8 Å². The molecule has 2 aliphatic rings. The van der Waals surface area contributed by atoms with Gasteiger partial charge in [-0.3, -0.25) is 4.79 Å². The lowest BCUT2D eigenvalue weighted by Crippen LogP contribution is -2.52. The smallest absolute Gasteiger partial charge is 0.250 e. The van der Waals surface area contributed by atoms with Crippen molar-refractivity contribution in [1.29, 1.82) is 0 Å². The topological polar surface area (TPSA) is 37.3 Å². The third kappa shape index (κ3) is 3.38. The van der Waals surface area contributed by atoms with Crippen molar-refractivity contribution in [2.75, 3.05) is 13.1 Å². The fraction of sp³-hybridized carbons (Fsp3) is 0.400.